The van der Waals surface area contributed by atoms with E-state index >= 15 is 0 Å². The summed E-state index contributed by atoms with van der Waals surface area (Å²) in [6.07, 6.45) is 0. The Hall–Kier alpha value is 3.27. The van der Waals surface area contributed by atoms with Gasteiger partial charge in [0.05, 0.1) is 0 Å². The molecule has 0 heterocycles. The van der Waals surface area contributed by atoms with Crippen LogP contribution in [0.2, 0.25) is 0 Å². The number of rotatable bonds is 0. The minimum absolute atomic E-state index is 0. The molecule has 0 aromatic carbocycles. The van der Waals surface area contributed by atoms with Crippen molar-refractivity contribution in [2.24, 2.45) is 0 Å². The van der Waals surface area contributed by atoms with Crippen LogP contribution in [0.25, 0.3) is 0 Å². The average Bonchev–Trinajstić information content (AvgIpc) is 1.46. The maximum atomic E-state index is 2.53. The summed E-state index contributed by atoms with van der Waals surface area (Å²) < 4.78 is 0. The van der Waals surface area contributed by atoms with Gasteiger partial charge >= 0.3 is 70.8 Å². The van der Waals surface area contributed by atoms with Crippen molar-refractivity contribution in [1.82, 2.24) is 0 Å². The number of hydrogen-bond donors (Lipinski definition) is 0. The SMILES string of the molecule is [Co].[SeH][SeH].[SeH][Se][Mo]. The normalized spacial score (nSPS) is 3.83. The second kappa shape index (κ2) is 24.0. The van der Waals surface area contributed by atoms with Crippen LogP contribution >= 0.6 is 0 Å². The zero-order chi connectivity index (χ0) is 4.71. The monoisotopic (exact) mass is 480 g/mol. The number of hydrogen-bond acceptors (Lipinski definition) is 0. The second-order valence-corrected chi connectivity index (χ2v) is 11.9. The van der Waals surface area contributed by atoms with Crippen LogP contribution in [0, 0.1) is 0 Å². The van der Waals surface area contributed by atoms with Gasteiger partial charge in [0.25, 0.3) is 0 Å². The fourth-order valence-corrected chi connectivity index (χ4v) is 0. The van der Waals surface area contributed by atoms with Crippen LogP contribution in [0.5, 0.6) is 0 Å². The van der Waals surface area contributed by atoms with Crippen LogP contribution in [-0.4, -0.2) is 53.1 Å². The van der Waals surface area contributed by atoms with Crippen molar-refractivity contribution in [3.8, 4) is 0 Å². The molecule has 0 atom stereocenters. The van der Waals surface area contributed by atoms with E-state index in [9.17, 15) is 0 Å². The van der Waals surface area contributed by atoms with Gasteiger partial charge in [0, 0.05) is 16.8 Å². The Morgan fingerprint density at radius 1 is 1.33 bits per heavy atom. The Bertz CT molecular complexity index is 7.51. The molecule has 0 unspecified atom stereocenters. The van der Waals surface area contributed by atoms with Crippen molar-refractivity contribution in [3.05, 3.63) is 0 Å². The first-order valence-electron chi connectivity index (χ1n) is 0.549. The third-order valence-corrected chi connectivity index (χ3v) is 0. The molecule has 0 amide bonds. The third kappa shape index (κ3) is 26.7. The van der Waals surface area contributed by atoms with E-state index in [4.69, 9.17) is 0 Å². The van der Waals surface area contributed by atoms with E-state index < -0.39 is 0 Å². The van der Waals surface area contributed by atoms with Crippen LogP contribution in [0.3, 0.4) is 0 Å². The van der Waals surface area contributed by atoms with Gasteiger partial charge in [-0.1, -0.05) is 0 Å². The van der Waals surface area contributed by atoms with Gasteiger partial charge in [0.1, 0.15) is 0 Å². The van der Waals surface area contributed by atoms with Crippen LogP contribution in [0.1, 0.15) is 0 Å². The molecule has 42 valence electrons. The molecule has 0 saturated heterocycles. The van der Waals surface area contributed by atoms with Crippen LogP contribution in [0.15, 0.2) is 0 Å². The van der Waals surface area contributed by atoms with Crippen LogP contribution in [-0.2, 0) is 34.5 Å². The Labute approximate surface area is 85.9 Å². The van der Waals surface area contributed by atoms with E-state index in [1.807, 2.05) is 0 Å². The first-order chi connectivity index (χ1) is 2.41. The molecular formula is H3CoMoSe4. The zero-order valence-electron chi connectivity index (χ0n) is 2.49. The molecule has 0 fully saturated rings. The van der Waals surface area contributed by atoms with Gasteiger partial charge in [-0.25, -0.2) is 0 Å². The van der Waals surface area contributed by atoms with Gasteiger partial charge in [0.2, 0.25) is 0 Å². The molecular weight excluding hydrogens is 471 g/mol. The predicted octanol–water partition coefficient (Wildman–Crippen LogP) is -2.33. The molecule has 0 rings (SSSR count). The molecule has 0 aliphatic heterocycles. The predicted molar refractivity (Wildman–Crippen MR) is 27.2 cm³/mol. The molecule has 0 bridgehead atoms. The van der Waals surface area contributed by atoms with Gasteiger partial charge in [-0.3, -0.25) is 0 Å². The summed E-state index contributed by atoms with van der Waals surface area (Å²) in [6, 6.07) is 0. The minimum atomic E-state index is 0. The maximum absolute atomic E-state index is 2.53. The molecule has 0 aromatic rings. The quantitative estimate of drug-likeness (QED) is 0.346. The van der Waals surface area contributed by atoms with E-state index in [0.717, 1.165) is 10.5 Å². The molecule has 0 saturated carbocycles. The van der Waals surface area contributed by atoms with E-state index in [1.165, 1.54) is 0 Å². The van der Waals surface area contributed by atoms with Crippen molar-refractivity contribution < 1.29 is 34.5 Å². The van der Waals surface area contributed by atoms with Crippen molar-refractivity contribution in [2.75, 3.05) is 0 Å². The summed E-state index contributed by atoms with van der Waals surface area (Å²) in [5.74, 6) is 0. The fourth-order valence-electron chi connectivity index (χ4n) is 0. The Morgan fingerprint density at radius 2 is 1.33 bits per heavy atom. The van der Waals surface area contributed by atoms with E-state index in [1.54, 1.807) is 0 Å². The zero-order valence-corrected chi connectivity index (χ0v) is 12.9. The second-order valence-electron chi connectivity index (χ2n) is 0.0745. The summed E-state index contributed by atoms with van der Waals surface area (Å²) in [5.41, 5.74) is 0. The van der Waals surface area contributed by atoms with Gasteiger partial charge in [-0.15, -0.1) is 0 Å². The van der Waals surface area contributed by atoms with E-state index in [0.29, 0.717) is 0 Å². The molecule has 0 N–H and O–H groups in total. The van der Waals surface area contributed by atoms with Crippen molar-refractivity contribution in [1.29, 1.82) is 0 Å². The Morgan fingerprint density at radius 3 is 1.33 bits per heavy atom. The van der Waals surface area contributed by atoms with Crippen LogP contribution < -0.4 is 0 Å². The molecule has 0 aromatic heterocycles. The summed E-state index contributed by atoms with van der Waals surface area (Å²) in [4.78, 5) is 0. The molecule has 0 aliphatic carbocycles. The molecule has 6 heavy (non-hydrogen) atoms. The van der Waals surface area contributed by atoms with Gasteiger partial charge in [-0.2, -0.15) is 0 Å². The van der Waals surface area contributed by atoms with Gasteiger partial charge in [0.15, 0.2) is 0 Å². The average molecular weight is 474 g/mol. The molecule has 1 radical (unpaired) electrons. The molecule has 0 aliphatic rings. The van der Waals surface area contributed by atoms with Gasteiger partial charge in [-0.05, 0) is 0 Å². The van der Waals surface area contributed by atoms with Crippen molar-refractivity contribution >= 4 is 53.1 Å². The van der Waals surface area contributed by atoms with E-state index in [2.05, 4.69) is 60.3 Å². The van der Waals surface area contributed by atoms with Crippen LogP contribution in [0.4, 0.5) is 0 Å². The topological polar surface area (TPSA) is 0 Å². The molecule has 0 spiro atoms. The summed E-state index contributed by atoms with van der Waals surface area (Å²) in [5, 5.41) is 0. The van der Waals surface area contributed by atoms with Crippen molar-refractivity contribution in [2.45, 2.75) is 0 Å². The summed E-state index contributed by atoms with van der Waals surface area (Å²) in [6.45, 7) is 0. The molecule has 6 heteroatoms. The fraction of sp³-hybridized carbons (Fsp3) is 0. The van der Waals surface area contributed by atoms with E-state index in [-0.39, 0.29) is 16.8 Å². The van der Waals surface area contributed by atoms with Gasteiger partial charge < -0.3 is 0 Å². The van der Waals surface area contributed by atoms with Crippen molar-refractivity contribution in [3.63, 3.8) is 0 Å². The Balaban J connectivity index is -0.0000000275. The molecule has 0 nitrogen and oxygen atoms in total. The Kier molecular flexibility index (Phi) is 64.4. The standard InChI is InChI=1S/Co.Mo.2H2Se2/c;;2*1-2/h;;2*1-2H/q;+1;;/p-1. The third-order valence-electron chi connectivity index (χ3n) is 0. The summed E-state index contributed by atoms with van der Waals surface area (Å²) in [7, 11) is 0.822. The first-order valence-corrected chi connectivity index (χ1v) is 15.5. The summed E-state index contributed by atoms with van der Waals surface area (Å²) >= 11 is 9.14. The first kappa shape index (κ1) is 16.1.